The molecule has 1 N–H and O–H groups in total. The Morgan fingerprint density at radius 3 is 2.94 bits per heavy atom. The summed E-state index contributed by atoms with van der Waals surface area (Å²) in [5.41, 5.74) is 2.51. The normalized spacial score (nSPS) is 21.1. The van der Waals surface area contributed by atoms with E-state index in [0.717, 1.165) is 12.1 Å². The van der Waals surface area contributed by atoms with Gasteiger partial charge in [-0.1, -0.05) is 24.6 Å². The maximum atomic E-state index is 4.41. The first-order valence-corrected chi connectivity index (χ1v) is 6.02. The number of hydrogen-bond donors (Lipinski definition) is 1. The second-order valence-corrected chi connectivity index (χ2v) is 4.42. The molecule has 1 atom stereocenters. The highest BCUT2D eigenvalue weighted by Gasteiger charge is 2.16. The topological polar surface area (TPSA) is 24.9 Å². The lowest BCUT2D eigenvalue weighted by molar-refractivity contribution is 0.414. The summed E-state index contributed by atoms with van der Waals surface area (Å²) in [5, 5.41) is 4.90. The molecule has 1 aliphatic heterocycles. The fraction of sp³-hybridized carbons (Fsp3) is 0.357. The first-order chi connectivity index (χ1) is 7.95. The number of piperidine rings is 1. The van der Waals surface area contributed by atoms with Crippen LogP contribution >= 0.6 is 0 Å². The summed E-state index contributed by atoms with van der Waals surface area (Å²) in [6.07, 6.45) is 5.80. The number of nitrogens with one attached hydrogen (secondary N) is 1. The minimum atomic E-state index is 0.515. The van der Waals surface area contributed by atoms with Gasteiger partial charge in [0.05, 0.1) is 5.52 Å². The van der Waals surface area contributed by atoms with E-state index in [1.54, 1.807) is 0 Å². The maximum absolute atomic E-state index is 4.41. The Labute approximate surface area is 95.7 Å². The van der Waals surface area contributed by atoms with Crippen LogP contribution in [-0.4, -0.2) is 11.5 Å². The number of nitrogens with zero attached hydrogens (tertiary/aromatic N) is 1. The fourth-order valence-corrected chi connectivity index (χ4v) is 2.54. The summed E-state index contributed by atoms with van der Waals surface area (Å²) in [7, 11) is 0. The summed E-state index contributed by atoms with van der Waals surface area (Å²) in [4.78, 5) is 4.41. The predicted octanol–water partition coefficient (Wildman–Crippen LogP) is 3.05. The SMILES string of the molecule is c1ccc2c([C@H]3CCCCN3)ccnc2c1. The molecule has 0 amide bonds. The van der Waals surface area contributed by atoms with Gasteiger partial charge in [-0.2, -0.15) is 0 Å². The van der Waals surface area contributed by atoms with Crippen molar-refractivity contribution in [1.82, 2.24) is 10.3 Å². The van der Waals surface area contributed by atoms with E-state index < -0.39 is 0 Å². The van der Waals surface area contributed by atoms with Crippen LogP contribution in [0.25, 0.3) is 10.9 Å². The zero-order chi connectivity index (χ0) is 10.8. The molecule has 0 bridgehead atoms. The third kappa shape index (κ3) is 1.69. The molecule has 1 fully saturated rings. The zero-order valence-corrected chi connectivity index (χ0v) is 9.32. The van der Waals surface area contributed by atoms with Gasteiger partial charge < -0.3 is 5.32 Å². The molecule has 2 heteroatoms. The molecule has 0 saturated carbocycles. The van der Waals surface area contributed by atoms with Gasteiger partial charge in [0, 0.05) is 17.6 Å². The van der Waals surface area contributed by atoms with E-state index in [-0.39, 0.29) is 0 Å². The quantitative estimate of drug-likeness (QED) is 0.786. The summed E-state index contributed by atoms with van der Waals surface area (Å²) >= 11 is 0. The smallest absolute Gasteiger partial charge is 0.0705 e. The van der Waals surface area contributed by atoms with Gasteiger partial charge in [-0.3, -0.25) is 4.98 Å². The summed E-state index contributed by atoms with van der Waals surface area (Å²) in [6.45, 7) is 1.14. The first kappa shape index (κ1) is 9.79. The highest BCUT2D eigenvalue weighted by Crippen LogP contribution is 2.28. The van der Waals surface area contributed by atoms with Crippen molar-refractivity contribution >= 4 is 10.9 Å². The number of fused-ring (bicyclic) bond motifs is 1. The van der Waals surface area contributed by atoms with Crippen LogP contribution in [0.4, 0.5) is 0 Å². The molecule has 0 aliphatic carbocycles. The fourth-order valence-electron chi connectivity index (χ4n) is 2.54. The Balaban J connectivity index is 2.08. The van der Waals surface area contributed by atoms with Crippen LogP contribution in [0.1, 0.15) is 30.9 Å². The summed E-state index contributed by atoms with van der Waals surface area (Å²) in [6, 6.07) is 11.1. The van der Waals surface area contributed by atoms with Gasteiger partial charge in [-0.05, 0) is 37.1 Å². The van der Waals surface area contributed by atoms with Crippen molar-refractivity contribution in [2.75, 3.05) is 6.54 Å². The lowest BCUT2D eigenvalue weighted by Gasteiger charge is -2.24. The highest BCUT2D eigenvalue weighted by molar-refractivity contribution is 5.82. The molecule has 0 spiro atoms. The van der Waals surface area contributed by atoms with Gasteiger partial charge in [0.25, 0.3) is 0 Å². The van der Waals surface area contributed by atoms with E-state index in [2.05, 4.69) is 34.6 Å². The van der Waals surface area contributed by atoms with Gasteiger partial charge in [-0.25, -0.2) is 0 Å². The van der Waals surface area contributed by atoms with Crippen molar-refractivity contribution in [2.24, 2.45) is 0 Å². The van der Waals surface area contributed by atoms with Gasteiger partial charge in [-0.15, -0.1) is 0 Å². The Morgan fingerprint density at radius 2 is 2.06 bits per heavy atom. The molecule has 2 nitrogen and oxygen atoms in total. The van der Waals surface area contributed by atoms with Crippen LogP contribution in [-0.2, 0) is 0 Å². The van der Waals surface area contributed by atoms with Gasteiger partial charge in [0.2, 0.25) is 0 Å². The second-order valence-electron chi connectivity index (χ2n) is 4.42. The van der Waals surface area contributed by atoms with E-state index in [9.17, 15) is 0 Å². The third-order valence-electron chi connectivity index (χ3n) is 3.37. The number of pyridine rings is 1. The molecule has 3 rings (SSSR count). The third-order valence-corrected chi connectivity index (χ3v) is 3.37. The summed E-state index contributed by atoms with van der Waals surface area (Å²) < 4.78 is 0. The Morgan fingerprint density at radius 1 is 1.12 bits per heavy atom. The van der Waals surface area contributed by atoms with E-state index in [0.29, 0.717) is 6.04 Å². The molecule has 1 saturated heterocycles. The standard InChI is InChI=1S/C14H16N2/c1-2-6-13-11(5-1)12(8-10-16-13)14-7-3-4-9-15-14/h1-2,5-6,8,10,14-15H,3-4,7,9H2/t14-/m1/s1. The largest absolute Gasteiger partial charge is 0.310 e. The minimum Gasteiger partial charge on any atom is -0.310 e. The van der Waals surface area contributed by atoms with E-state index >= 15 is 0 Å². The number of benzene rings is 1. The van der Waals surface area contributed by atoms with E-state index in [1.165, 1.54) is 30.2 Å². The molecule has 1 aromatic carbocycles. The average molecular weight is 212 g/mol. The Hall–Kier alpha value is -1.41. The second kappa shape index (κ2) is 4.22. The molecule has 0 radical (unpaired) electrons. The first-order valence-electron chi connectivity index (χ1n) is 6.02. The van der Waals surface area contributed by atoms with Crippen LogP contribution in [0.5, 0.6) is 0 Å². The summed E-state index contributed by atoms with van der Waals surface area (Å²) in [5.74, 6) is 0. The Kier molecular flexibility index (Phi) is 2.58. The van der Waals surface area contributed by atoms with Gasteiger partial charge in [0.1, 0.15) is 0 Å². The predicted molar refractivity (Wildman–Crippen MR) is 66.3 cm³/mol. The van der Waals surface area contributed by atoms with Crippen molar-refractivity contribution in [1.29, 1.82) is 0 Å². The van der Waals surface area contributed by atoms with Gasteiger partial charge in [0.15, 0.2) is 0 Å². The van der Waals surface area contributed by atoms with Crippen molar-refractivity contribution < 1.29 is 0 Å². The molecule has 16 heavy (non-hydrogen) atoms. The van der Waals surface area contributed by atoms with Crippen LogP contribution in [0.2, 0.25) is 0 Å². The van der Waals surface area contributed by atoms with Crippen LogP contribution in [0.3, 0.4) is 0 Å². The van der Waals surface area contributed by atoms with Crippen molar-refractivity contribution in [3.8, 4) is 0 Å². The molecule has 2 heterocycles. The lowest BCUT2D eigenvalue weighted by atomic mass is 9.95. The monoisotopic (exact) mass is 212 g/mol. The molecular weight excluding hydrogens is 196 g/mol. The van der Waals surface area contributed by atoms with Gasteiger partial charge >= 0.3 is 0 Å². The lowest BCUT2D eigenvalue weighted by Crippen LogP contribution is -2.26. The van der Waals surface area contributed by atoms with Crippen LogP contribution < -0.4 is 5.32 Å². The molecule has 2 aromatic rings. The molecular formula is C14H16N2. The van der Waals surface area contributed by atoms with E-state index in [4.69, 9.17) is 0 Å². The van der Waals surface area contributed by atoms with Crippen molar-refractivity contribution in [2.45, 2.75) is 25.3 Å². The highest BCUT2D eigenvalue weighted by atomic mass is 14.9. The Bertz CT molecular complexity index is 482. The average Bonchev–Trinajstić information content (AvgIpc) is 2.39. The number of para-hydroxylation sites is 1. The minimum absolute atomic E-state index is 0.515. The number of rotatable bonds is 1. The maximum Gasteiger partial charge on any atom is 0.0705 e. The molecule has 0 unspecified atom stereocenters. The van der Waals surface area contributed by atoms with Crippen molar-refractivity contribution in [3.63, 3.8) is 0 Å². The molecule has 82 valence electrons. The van der Waals surface area contributed by atoms with Crippen LogP contribution in [0, 0.1) is 0 Å². The molecule has 1 aliphatic rings. The van der Waals surface area contributed by atoms with E-state index in [1.807, 2.05) is 12.3 Å². The number of aromatic nitrogens is 1. The zero-order valence-electron chi connectivity index (χ0n) is 9.32. The van der Waals surface area contributed by atoms with Crippen LogP contribution in [0.15, 0.2) is 36.5 Å². The number of hydrogen-bond acceptors (Lipinski definition) is 2. The van der Waals surface area contributed by atoms with Crippen molar-refractivity contribution in [3.05, 3.63) is 42.1 Å². The molecule has 1 aromatic heterocycles.